The van der Waals surface area contributed by atoms with E-state index in [0.29, 0.717) is 17.6 Å². The summed E-state index contributed by atoms with van der Waals surface area (Å²) in [5.74, 6) is 1.30. The van der Waals surface area contributed by atoms with E-state index in [2.05, 4.69) is 34.0 Å². The van der Waals surface area contributed by atoms with Crippen molar-refractivity contribution >= 4 is 17.7 Å². The van der Waals surface area contributed by atoms with E-state index < -0.39 is 0 Å². The summed E-state index contributed by atoms with van der Waals surface area (Å²) in [4.78, 5) is 14.9. The summed E-state index contributed by atoms with van der Waals surface area (Å²) in [6, 6.07) is 6.46. The molecule has 2 aromatic heterocycles. The van der Waals surface area contributed by atoms with Crippen molar-refractivity contribution < 1.29 is 4.79 Å². The first-order valence-electron chi connectivity index (χ1n) is 9.77. The molecule has 0 radical (unpaired) electrons. The molecule has 1 fully saturated rings. The number of carbonyl (C=O) groups excluding carboxylic acids is 1. The van der Waals surface area contributed by atoms with Crippen LogP contribution in [0, 0.1) is 13.8 Å². The lowest BCUT2D eigenvalue weighted by Gasteiger charge is -2.37. The van der Waals surface area contributed by atoms with Crippen LogP contribution in [0.25, 0.3) is 5.82 Å². The van der Waals surface area contributed by atoms with Crippen LogP contribution >= 0.6 is 11.8 Å². The second-order valence-electron chi connectivity index (χ2n) is 7.54. The van der Waals surface area contributed by atoms with Gasteiger partial charge in [-0.05, 0) is 58.7 Å². The average Bonchev–Trinajstić information content (AvgIpc) is 2.99. The minimum atomic E-state index is 0.200. The van der Waals surface area contributed by atoms with E-state index in [-0.39, 0.29) is 11.9 Å². The molecule has 0 aliphatic heterocycles. The molecular weight excluding hydrogens is 358 g/mol. The standard InChI is InChI=1S/C20H29N5OS/c1-14(2)24(17-8-6-5-7-9-17)20(26)13-27-19-11-10-18(21-22-19)25-16(4)12-15(3)23-25/h10-12,14,17H,5-9,13H2,1-4H3. The Labute approximate surface area is 165 Å². The van der Waals surface area contributed by atoms with Gasteiger partial charge in [-0.25, -0.2) is 4.68 Å². The molecule has 0 unspecified atom stereocenters. The van der Waals surface area contributed by atoms with E-state index in [1.807, 2.05) is 32.0 Å². The lowest BCUT2D eigenvalue weighted by atomic mass is 9.93. The highest BCUT2D eigenvalue weighted by atomic mass is 32.2. The summed E-state index contributed by atoms with van der Waals surface area (Å²) in [6.07, 6.45) is 6.02. The van der Waals surface area contributed by atoms with Crippen molar-refractivity contribution in [1.82, 2.24) is 24.9 Å². The van der Waals surface area contributed by atoms with Crippen molar-refractivity contribution in [1.29, 1.82) is 0 Å². The molecule has 1 amide bonds. The third-order valence-electron chi connectivity index (χ3n) is 5.01. The van der Waals surface area contributed by atoms with Crippen molar-refractivity contribution in [2.75, 3.05) is 5.75 Å². The summed E-state index contributed by atoms with van der Waals surface area (Å²) in [5.41, 5.74) is 1.98. The maximum atomic E-state index is 12.8. The lowest BCUT2D eigenvalue weighted by Crippen LogP contribution is -2.46. The molecule has 6 nitrogen and oxygen atoms in total. The summed E-state index contributed by atoms with van der Waals surface area (Å²) in [5, 5.41) is 13.7. The zero-order valence-corrected chi connectivity index (χ0v) is 17.5. The van der Waals surface area contributed by atoms with Crippen LogP contribution in [-0.4, -0.2) is 48.6 Å². The molecule has 0 atom stereocenters. The zero-order chi connectivity index (χ0) is 19.4. The number of hydrogen-bond donors (Lipinski definition) is 0. The topological polar surface area (TPSA) is 63.9 Å². The molecule has 1 aliphatic rings. The van der Waals surface area contributed by atoms with Crippen LogP contribution in [0.4, 0.5) is 0 Å². The Bertz CT molecular complexity index is 765. The van der Waals surface area contributed by atoms with Gasteiger partial charge >= 0.3 is 0 Å². The van der Waals surface area contributed by atoms with Gasteiger partial charge < -0.3 is 4.90 Å². The molecule has 0 saturated heterocycles. The lowest BCUT2D eigenvalue weighted by molar-refractivity contribution is -0.133. The molecule has 1 aliphatic carbocycles. The molecule has 0 aromatic carbocycles. The first-order valence-corrected chi connectivity index (χ1v) is 10.8. The average molecular weight is 388 g/mol. The highest BCUT2D eigenvalue weighted by Crippen LogP contribution is 2.26. The molecule has 1 saturated carbocycles. The molecule has 2 heterocycles. The second kappa shape index (κ2) is 8.87. The Morgan fingerprint density at radius 1 is 1.22 bits per heavy atom. The Morgan fingerprint density at radius 3 is 2.52 bits per heavy atom. The van der Waals surface area contributed by atoms with Crippen molar-refractivity contribution in [3.63, 3.8) is 0 Å². The maximum Gasteiger partial charge on any atom is 0.233 e. The van der Waals surface area contributed by atoms with Gasteiger partial charge in [0.15, 0.2) is 5.82 Å². The van der Waals surface area contributed by atoms with E-state index in [1.165, 1.54) is 31.0 Å². The van der Waals surface area contributed by atoms with Gasteiger partial charge in [-0.1, -0.05) is 31.0 Å². The first-order chi connectivity index (χ1) is 13.0. The summed E-state index contributed by atoms with van der Waals surface area (Å²) < 4.78 is 1.78. The quantitative estimate of drug-likeness (QED) is 0.703. The highest BCUT2D eigenvalue weighted by molar-refractivity contribution is 7.99. The number of amides is 1. The number of aryl methyl sites for hydroxylation is 2. The SMILES string of the molecule is Cc1cc(C)n(-c2ccc(SCC(=O)N(C(C)C)C3CCCCC3)nn2)n1. The monoisotopic (exact) mass is 387 g/mol. The predicted octanol–water partition coefficient (Wildman–Crippen LogP) is 3.94. The number of thioether (sulfide) groups is 1. The van der Waals surface area contributed by atoms with Gasteiger partial charge in [-0.3, -0.25) is 4.79 Å². The third-order valence-corrected chi connectivity index (χ3v) is 5.91. The molecule has 0 spiro atoms. The van der Waals surface area contributed by atoms with Crippen LogP contribution in [0.1, 0.15) is 57.3 Å². The predicted molar refractivity (Wildman–Crippen MR) is 108 cm³/mol. The number of nitrogens with zero attached hydrogens (tertiary/aromatic N) is 5. The number of hydrogen-bond acceptors (Lipinski definition) is 5. The molecule has 146 valence electrons. The molecule has 0 bridgehead atoms. The molecular formula is C20H29N5OS. The fraction of sp³-hybridized carbons (Fsp3) is 0.600. The fourth-order valence-corrected chi connectivity index (χ4v) is 4.53. The Kier molecular flexibility index (Phi) is 6.52. The van der Waals surface area contributed by atoms with Crippen LogP contribution in [0.5, 0.6) is 0 Å². The van der Waals surface area contributed by atoms with Crippen LogP contribution in [0.2, 0.25) is 0 Å². The summed E-state index contributed by atoms with van der Waals surface area (Å²) >= 11 is 1.46. The molecule has 27 heavy (non-hydrogen) atoms. The van der Waals surface area contributed by atoms with Gasteiger partial charge in [0.25, 0.3) is 0 Å². The largest absolute Gasteiger partial charge is 0.337 e. The number of carbonyl (C=O) groups is 1. The van der Waals surface area contributed by atoms with E-state index >= 15 is 0 Å². The maximum absolute atomic E-state index is 12.8. The van der Waals surface area contributed by atoms with Crippen LogP contribution in [0.15, 0.2) is 23.2 Å². The third kappa shape index (κ3) is 4.89. The van der Waals surface area contributed by atoms with Gasteiger partial charge in [-0.15, -0.1) is 10.2 Å². The van der Waals surface area contributed by atoms with E-state index in [0.717, 1.165) is 29.3 Å². The summed E-state index contributed by atoms with van der Waals surface area (Å²) in [7, 11) is 0. The van der Waals surface area contributed by atoms with Crippen molar-refractivity contribution in [3.8, 4) is 5.82 Å². The fourth-order valence-electron chi connectivity index (χ4n) is 3.85. The molecule has 7 heteroatoms. The second-order valence-corrected chi connectivity index (χ2v) is 8.54. The van der Waals surface area contributed by atoms with Gasteiger partial charge in [0.1, 0.15) is 5.03 Å². The van der Waals surface area contributed by atoms with E-state index in [9.17, 15) is 4.79 Å². The van der Waals surface area contributed by atoms with Crippen LogP contribution in [0.3, 0.4) is 0 Å². The van der Waals surface area contributed by atoms with Crippen LogP contribution in [-0.2, 0) is 4.79 Å². The van der Waals surface area contributed by atoms with Gasteiger partial charge in [0.05, 0.1) is 11.4 Å². The number of rotatable bonds is 6. The minimum Gasteiger partial charge on any atom is -0.337 e. The van der Waals surface area contributed by atoms with Crippen LogP contribution < -0.4 is 0 Å². The number of aromatic nitrogens is 4. The van der Waals surface area contributed by atoms with E-state index in [4.69, 9.17) is 0 Å². The van der Waals surface area contributed by atoms with Gasteiger partial charge in [0.2, 0.25) is 5.91 Å². The molecule has 2 aromatic rings. The summed E-state index contributed by atoms with van der Waals surface area (Å²) in [6.45, 7) is 8.18. The normalized spacial score (nSPS) is 15.3. The highest BCUT2D eigenvalue weighted by Gasteiger charge is 2.27. The van der Waals surface area contributed by atoms with E-state index in [1.54, 1.807) is 4.68 Å². The smallest absolute Gasteiger partial charge is 0.233 e. The first kappa shape index (κ1) is 19.9. The Balaban J connectivity index is 1.61. The molecule has 0 N–H and O–H groups in total. The minimum absolute atomic E-state index is 0.200. The molecule has 3 rings (SSSR count). The van der Waals surface area contributed by atoms with Gasteiger partial charge in [-0.2, -0.15) is 5.10 Å². The van der Waals surface area contributed by atoms with Crippen molar-refractivity contribution in [2.24, 2.45) is 0 Å². The van der Waals surface area contributed by atoms with Crippen molar-refractivity contribution in [2.45, 2.75) is 76.9 Å². The zero-order valence-electron chi connectivity index (χ0n) is 16.7. The van der Waals surface area contributed by atoms with Crippen molar-refractivity contribution in [3.05, 3.63) is 29.6 Å². The Hall–Kier alpha value is -1.89. The Morgan fingerprint density at radius 2 is 1.96 bits per heavy atom. The van der Waals surface area contributed by atoms with Gasteiger partial charge in [0, 0.05) is 17.8 Å².